The van der Waals surface area contributed by atoms with E-state index in [2.05, 4.69) is 20.2 Å². The predicted molar refractivity (Wildman–Crippen MR) is 318 cm³/mol. The molecular formula is C58H112N6O22. The van der Waals surface area contributed by atoms with Gasteiger partial charge < -0.3 is 94.3 Å². The highest BCUT2D eigenvalue weighted by Gasteiger charge is 2.32. The smallest absolute Gasteiger partial charge is 0.407 e. The largest absolute Gasteiger partial charge is 0.462 e. The predicted octanol–water partition coefficient (Wildman–Crippen LogP) is 3.41. The maximum Gasteiger partial charge on any atom is 0.407 e. The molecule has 0 unspecified atom stereocenters. The summed E-state index contributed by atoms with van der Waals surface area (Å²) in [6, 6.07) is 0. The molecule has 0 atom stereocenters. The van der Waals surface area contributed by atoms with Gasteiger partial charge in [0, 0.05) is 91.2 Å². The number of hydrogen-bond acceptors (Lipinski definition) is 25. The summed E-state index contributed by atoms with van der Waals surface area (Å²) in [4.78, 5) is 94.9. The van der Waals surface area contributed by atoms with Gasteiger partial charge in [-0.05, 0) is 114 Å². The van der Waals surface area contributed by atoms with Crippen molar-refractivity contribution in [3.63, 3.8) is 0 Å². The topological polar surface area (TPSA) is 371 Å². The van der Waals surface area contributed by atoms with E-state index in [1.165, 1.54) is 0 Å². The Balaban J connectivity index is -0.00000128. The lowest BCUT2D eigenvalue weighted by atomic mass is 10.1. The standard InChI is InChI=1S/C29H56N2O10.C16H26N2O8.C8H20N2O2.C5H10O2/c1-29(2,3)41-28(34)9-6-15-36-22-23-38-17-10-26(32)8-4-5-14-35-20-21-37-16-7-13-31-27(33)11-18-39-24-25-40-19-12-30;1-16(2,3)25-15(22)17-7-9-24-11-10-23-8-6-14(21)26-18-12(19)4-5-13(18)20;9-3-1-5-11-7-8-12-6-2-4-10;1-5(2,3)7-4-6/h4-25,30H2,1-3H3,(H,31,33);4-11H2,1-3H3,(H,17,22);1-10H2;4H,1-3H3. The van der Waals surface area contributed by atoms with Gasteiger partial charge in [0.15, 0.2) is 0 Å². The van der Waals surface area contributed by atoms with Crippen LogP contribution in [0.15, 0.2) is 0 Å². The molecule has 28 nitrogen and oxygen atoms in total. The fraction of sp³-hybridized carbons (Fsp3) is 0.862. The minimum absolute atomic E-state index is 0.0444. The van der Waals surface area contributed by atoms with Gasteiger partial charge in [-0.2, -0.15) is 0 Å². The number of Topliss-reactive ketones (excluding diaryl/α,β-unsaturated/α-hetero) is 1. The Kier molecular flexibility index (Phi) is 59.2. The molecule has 0 radical (unpaired) electrons. The Morgan fingerprint density at radius 3 is 1.30 bits per heavy atom. The van der Waals surface area contributed by atoms with Crippen molar-refractivity contribution >= 4 is 48.0 Å². The Hall–Kier alpha value is -4.56. The summed E-state index contributed by atoms with van der Waals surface area (Å²) in [6.45, 7) is 28.9. The molecule has 0 aromatic rings. The average Bonchev–Trinajstić information content (AvgIpc) is 3.95. The summed E-state index contributed by atoms with van der Waals surface area (Å²) in [6.07, 6.45) is 5.87. The van der Waals surface area contributed by atoms with Gasteiger partial charge in [-0.1, -0.05) is 0 Å². The molecule has 506 valence electrons. The third-order valence-electron chi connectivity index (χ3n) is 9.94. The quantitative estimate of drug-likeness (QED) is 0.0191. The number of rotatable bonds is 50. The van der Waals surface area contributed by atoms with Crippen LogP contribution in [0.3, 0.4) is 0 Å². The second-order valence-electron chi connectivity index (χ2n) is 21.6. The zero-order valence-corrected chi connectivity index (χ0v) is 53.6. The maximum absolute atomic E-state index is 11.9. The molecule has 0 spiro atoms. The molecule has 1 heterocycles. The number of nitrogens with one attached hydrogen (secondary N) is 2. The summed E-state index contributed by atoms with van der Waals surface area (Å²) in [7, 11) is 0. The minimum Gasteiger partial charge on any atom is -0.462 e. The molecule has 8 N–H and O–H groups in total. The van der Waals surface area contributed by atoms with E-state index >= 15 is 0 Å². The van der Waals surface area contributed by atoms with Gasteiger partial charge in [-0.15, -0.1) is 5.06 Å². The number of hydrogen-bond donors (Lipinski definition) is 5. The summed E-state index contributed by atoms with van der Waals surface area (Å²) < 4.78 is 68.1. The third kappa shape index (κ3) is 70.2. The highest BCUT2D eigenvalue weighted by Crippen LogP contribution is 2.13. The van der Waals surface area contributed by atoms with Crippen LogP contribution in [-0.4, -0.2) is 235 Å². The fourth-order valence-corrected chi connectivity index (χ4v) is 5.91. The Bertz CT molecular complexity index is 1670. The van der Waals surface area contributed by atoms with Gasteiger partial charge in [-0.3, -0.25) is 28.8 Å². The normalized spacial score (nSPS) is 12.2. The molecule has 1 saturated heterocycles. The lowest BCUT2D eigenvalue weighted by Gasteiger charge is -2.19. The maximum atomic E-state index is 11.9. The number of unbranched alkanes of at least 4 members (excludes halogenated alkanes) is 1. The number of ether oxygens (including phenoxy) is 13. The lowest BCUT2D eigenvalue weighted by molar-refractivity contribution is -0.198. The van der Waals surface area contributed by atoms with Gasteiger partial charge in [-0.25, -0.2) is 9.59 Å². The number of imide groups is 1. The number of nitrogens with zero attached hydrogens (tertiary/aromatic N) is 1. The fourth-order valence-electron chi connectivity index (χ4n) is 5.91. The van der Waals surface area contributed by atoms with Crippen molar-refractivity contribution in [1.82, 2.24) is 15.7 Å². The van der Waals surface area contributed by atoms with Crippen molar-refractivity contribution in [2.24, 2.45) is 17.2 Å². The van der Waals surface area contributed by atoms with Crippen LogP contribution in [0.1, 0.15) is 146 Å². The molecule has 86 heavy (non-hydrogen) atoms. The van der Waals surface area contributed by atoms with E-state index in [1.807, 2.05) is 41.5 Å². The number of hydroxylamine groups is 2. The van der Waals surface area contributed by atoms with Crippen molar-refractivity contribution in [2.75, 3.05) is 165 Å². The van der Waals surface area contributed by atoms with E-state index < -0.39 is 35.1 Å². The number of nitrogens with two attached hydrogens (primary N) is 3. The second-order valence-corrected chi connectivity index (χ2v) is 21.6. The van der Waals surface area contributed by atoms with E-state index in [1.54, 1.807) is 20.8 Å². The first-order valence-corrected chi connectivity index (χ1v) is 29.9. The van der Waals surface area contributed by atoms with E-state index in [0.717, 1.165) is 45.3 Å². The summed E-state index contributed by atoms with van der Waals surface area (Å²) in [5, 5.41) is 5.89. The molecule has 1 fully saturated rings. The lowest BCUT2D eigenvalue weighted by Crippen LogP contribution is -2.34. The van der Waals surface area contributed by atoms with E-state index in [0.29, 0.717) is 175 Å². The zero-order valence-electron chi connectivity index (χ0n) is 53.6. The van der Waals surface area contributed by atoms with Crippen molar-refractivity contribution in [2.45, 2.75) is 163 Å². The first-order valence-electron chi connectivity index (χ1n) is 29.9. The molecule has 0 saturated carbocycles. The number of ketones is 1. The Morgan fingerprint density at radius 2 is 0.849 bits per heavy atom. The number of carbonyl (C=O) groups is 8. The van der Waals surface area contributed by atoms with Crippen molar-refractivity contribution in [3.05, 3.63) is 0 Å². The highest BCUT2D eigenvalue weighted by molar-refractivity contribution is 6.01. The summed E-state index contributed by atoms with van der Waals surface area (Å²) in [5.41, 5.74) is 14.6. The SMILES string of the molecule is CC(C)(C)OC(=O)CCCOCCOCCC(=O)CCCCOCCOCCCNC(=O)CCOCCOCCN.CC(C)(C)OC(=O)NCCOCCOCCC(=O)ON1C(=O)CCC1=O.CC(C)(C)OC=O.NCCCOCCOCCCN. The monoisotopic (exact) mass is 1240 g/mol. The average molecular weight is 1250 g/mol. The zero-order chi connectivity index (χ0) is 65.0. The van der Waals surface area contributed by atoms with Crippen LogP contribution in [0, 0.1) is 0 Å². The first kappa shape index (κ1) is 85.6. The molecule has 0 aliphatic carbocycles. The molecule has 0 aromatic heterocycles. The second kappa shape index (κ2) is 59.4. The van der Waals surface area contributed by atoms with Gasteiger partial charge in [0.25, 0.3) is 18.3 Å². The van der Waals surface area contributed by atoms with Gasteiger partial charge in [0.1, 0.15) is 22.6 Å². The van der Waals surface area contributed by atoms with Crippen molar-refractivity contribution in [1.29, 1.82) is 0 Å². The summed E-state index contributed by atoms with van der Waals surface area (Å²) >= 11 is 0. The molecule has 1 rings (SSSR count). The third-order valence-corrected chi connectivity index (χ3v) is 9.94. The number of esters is 1. The van der Waals surface area contributed by atoms with Crippen molar-refractivity contribution in [3.8, 4) is 0 Å². The highest BCUT2D eigenvalue weighted by atomic mass is 16.7. The Labute approximate surface area is 511 Å². The van der Waals surface area contributed by atoms with Gasteiger partial charge >= 0.3 is 18.0 Å². The number of alkyl carbamates (subject to hydrolysis) is 1. The molecule has 4 amide bonds. The first-order chi connectivity index (χ1) is 40.9. The van der Waals surface area contributed by atoms with Crippen LogP contribution in [0.2, 0.25) is 0 Å². The van der Waals surface area contributed by atoms with Gasteiger partial charge in [0.2, 0.25) is 5.91 Å². The number of amides is 4. The van der Waals surface area contributed by atoms with Crippen LogP contribution in [0.25, 0.3) is 0 Å². The van der Waals surface area contributed by atoms with E-state index in [4.69, 9.17) is 74.0 Å². The molecule has 0 aromatic carbocycles. The van der Waals surface area contributed by atoms with Crippen LogP contribution in [0.4, 0.5) is 4.79 Å². The van der Waals surface area contributed by atoms with Crippen LogP contribution < -0.4 is 27.8 Å². The molecule has 28 heteroatoms. The number of carbonyl (C=O) groups excluding carboxylic acids is 8. The van der Waals surface area contributed by atoms with Crippen LogP contribution in [-0.2, 0) is 100.0 Å². The molecule has 1 aliphatic rings. The molecule has 0 bridgehead atoms. The van der Waals surface area contributed by atoms with Crippen LogP contribution in [0.5, 0.6) is 0 Å². The van der Waals surface area contributed by atoms with Crippen molar-refractivity contribution < 1.29 is 105 Å². The molecular weight excluding hydrogens is 1130 g/mol. The minimum atomic E-state index is -0.712. The van der Waals surface area contributed by atoms with Crippen LogP contribution >= 0.6 is 0 Å². The van der Waals surface area contributed by atoms with Gasteiger partial charge in [0.05, 0.1) is 106 Å². The van der Waals surface area contributed by atoms with E-state index in [9.17, 15) is 38.4 Å². The molecule has 1 aliphatic heterocycles. The van der Waals surface area contributed by atoms with E-state index in [-0.39, 0.29) is 62.3 Å². The Morgan fingerprint density at radius 1 is 0.419 bits per heavy atom. The summed E-state index contributed by atoms with van der Waals surface area (Å²) in [5.74, 6) is -1.83.